The molecule has 0 aliphatic heterocycles. The lowest BCUT2D eigenvalue weighted by Gasteiger charge is -2.25. The number of hydrogen-bond acceptors (Lipinski definition) is 1. The van der Waals surface area contributed by atoms with E-state index in [1.54, 1.807) is 0 Å². The first-order valence-electron chi connectivity index (χ1n) is 6.23. The monoisotopic (exact) mass is 400 g/mol. The van der Waals surface area contributed by atoms with Crippen molar-refractivity contribution in [2.24, 2.45) is 10.7 Å². The molecule has 0 saturated heterocycles. The van der Waals surface area contributed by atoms with Crippen molar-refractivity contribution in [3.05, 3.63) is 47.2 Å². The van der Waals surface area contributed by atoms with Crippen LogP contribution in [0.4, 0.5) is 48.3 Å². The summed E-state index contributed by atoms with van der Waals surface area (Å²) in [5.41, 5.74) is -3.12. The van der Waals surface area contributed by atoms with Crippen molar-refractivity contribution in [2.75, 3.05) is 0 Å². The van der Waals surface area contributed by atoms with E-state index in [2.05, 4.69) is 4.99 Å². The Balaban J connectivity index is 3.88. The van der Waals surface area contributed by atoms with Gasteiger partial charge in [-0.15, -0.1) is 0 Å². The van der Waals surface area contributed by atoms with Crippen molar-refractivity contribution < 1.29 is 48.3 Å². The third kappa shape index (κ3) is 4.64. The number of rotatable bonds is 3. The second-order valence-electron chi connectivity index (χ2n) is 4.65. The fourth-order valence-corrected chi connectivity index (χ4v) is 1.64. The molecule has 0 amide bonds. The first-order chi connectivity index (χ1) is 11.5. The molecule has 0 unspecified atom stereocenters. The van der Waals surface area contributed by atoms with Crippen LogP contribution in [0.25, 0.3) is 0 Å². The highest BCUT2D eigenvalue weighted by Gasteiger charge is 2.66. The highest BCUT2D eigenvalue weighted by atomic mass is 19.4. The van der Waals surface area contributed by atoms with Gasteiger partial charge in [-0.1, -0.05) is 30.3 Å². The average Bonchev–Trinajstić information content (AvgIpc) is 2.43. The smallest absolute Gasteiger partial charge is 0.383 e. The second-order valence-corrected chi connectivity index (χ2v) is 4.65. The standard InChI is InChI=1S/C13H7F11N2/c14-10(15,13(22,23)24)8(7(11(16,17)18)12(19,20)21)26-9(25)6-4-2-1-3-5-6/h1-5H,(H2,25,26). The highest BCUT2D eigenvalue weighted by molar-refractivity contribution is 5.98. The lowest BCUT2D eigenvalue weighted by Crippen LogP contribution is -2.42. The Morgan fingerprint density at radius 3 is 1.50 bits per heavy atom. The van der Waals surface area contributed by atoms with Gasteiger partial charge in [0.25, 0.3) is 0 Å². The zero-order chi connectivity index (χ0) is 20.6. The van der Waals surface area contributed by atoms with Gasteiger partial charge in [-0.25, -0.2) is 4.99 Å². The zero-order valence-electron chi connectivity index (χ0n) is 12.1. The van der Waals surface area contributed by atoms with Crippen LogP contribution in [0.5, 0.6) is 0 Å². The molecule has 1 aromatic rings. The van der Waals surface area contributed by atoms with Crippen LogP contribution >= 0.6 is 0 Å². The fraction of sp³-hybridized carbons (Fsp3) is 0.308. The minimum absolute atomic E-state index is 0.466. The topological polar surface area (TPSA) is 38.4 Å². The number of alkyl halides is 11. The van der Waals surface area contributed by atoms with Crippen molar-refractivity contribution in [1.29, 1.82) is 0 Å². The van der Waals surface area contributed by atoms with E-state index in [0.29, 0.717) is 0 Å². The third-order valence-electron chi connectivity index (χ3n) is 2.76. The molecule has 26 heavy (non-hydrogen) atoms. The number of nitrogens with zero attached hydrogens (tertiary/aromatic N) is 1. The first-order valence-corrected chi connectivity index (χ1v) is 6.23. The molecule has 2 N–H and O–H groups in total. The van der Waals surface area contributed by atoms with E-state index in [-0.39, 0.29) is 0 Å². The number of aliphatic imine (C=N–C) groups is 1. The van der Waals surface area contributed by atoms with Crippen molar-refractivity contribution in [3.63, 3.8) is 0 Å². The summed E-state index contributed by atoms with van der Waals surface area (Å²) in [6, 6.07) is 5.48. The molecule has 0 fully saturated rings. The summed E-state index contributed by atoms with van der Waals surface area (Å²) in [4.78, 5) is 2.18. The van der Waals surface area contributed by atoms with Gasteiger partial charge < -0.3 is 5.73 Å². The van der Waals surface area contributed by atoms with Gasteiger partial charge >= 0.3 is 24.5 Å². The van der Waals surface area contributed by atoms with Gasteiger partial charge in [0.15, 0.2) is 5.57 Å². The molecule has 2 nitrogen and oxygen atoms in total. The van der Waals surface area contributed by atoms with Crippen LogP contribution in [0.15, 0.2) is 46.6 Å². The minimum atomic E-state index is -6.79. The highest BCUT2D eigenvalue weighted by Crippen LogP contribution is 2.49. The minimum Gasteiger partial charge on any atom is -0.383 e. The quantitative estimate of drug-likeness (QED) is 0.435. The summed E-state index contributed by atoms with van der Waals surface area (Å²) in [5, 5.41) is 0. The van der Waals surface area contributed by atoms with E-state index in [1.807, 2.05) is 0 Å². The summed E-state index contributed by atoms with van der Waals surface area (Å²) in [6.07, 6.45) is -20.0. The van der Waals surface area contributed by atoms with Gasteiger partial charge in [0, 0.05) is 5.56 Å². The van der Waals surface area contributed by atoms with Gasteiger partial charge in [0.05, 0.1) is 0 Å². The van der Waals surface area contributed by atoms with Gasteiger partial charge in [0.1, 0.15) is 11.5 Å². The lowest BCUT2D eigenvalue weighted by atomic mass is 10.1. The second kappa shape index (κ2) is 6.76. The van der Waals surface area contributed by atoms with Crippen LogP contribution in [0.3, 0.4) is 0 Å². The molecule has 1 rings (SSSR count). The summed E-state index contributed by atoms with van der Waals surface area (Å²) in [5.74, 6) is -7.97. The predicted octanol–water partition coefficient (Wildman–Crippen LogP) is 4.97. The molecular weight excluding hydrogens is 393 g/mol. The maximum atomic E-state index is 13.4. The van der Waals surface area contributed by atoms with Crippen molar-refractivity contribution in [3.8, 4) is 0 Å². The zero-order valence-corrected chi connectivity index (χ0v) is 12.1. The van der Waals surface area contributed by atoms with E-state index in [4.69, 9.17) is 5.73 Å². The van der Waals surface area contributed by atoms with E-state index in [0.717, 1.165) is 24.3 Å². The Hall–Kier alpha value is -2.34. The maximum absolute atomic E-state index is 13.4. The number of amidine groups is 1. The van der Waals surface area contributed by atoms with Gasteiger partial charge in [0.2, 0.25) is 0 Å². The predicted molar refractivity (Wildman–Crippen MR) is 67.3 cm³/mol. The van der Waals surface area contributed by atoms with Crippen LogP contribution in [-0.2, 0) is 0 Å². The molecule has 0 spiro atoms. The molecular formula is C13H7F11N2. The van der Waals surface area contributed by atoms with E-state index in [1.165, 1.54) is 6.07 Å². The van der Waals surface area contributed by atoms with Crippen LogP contribution in [0.2, 0.25) is 0 Å². The molecule has 0 aliphatic rings. The number of nitrogens with two attached hydrogens (primary N) is 1. The fourth-order valence-electron chi connectivity index (χ4n) is 1.64. The number of halogens is 11. The van der Waals surface area contributed by atoms with E-state index < -0.39 is 47.1 Å². The first kappa shape index (κ1) is 21.7. The summed E-state index contributed by atoms with van der Waals surface area (Å²) >= 11 is 0. The van der Waals surface area contributed by atoms with E-state index in [9.17, 15) is 48.3 Å². The molecule has 0 atom stereocenters. The maximum Gasteiger partial charge on any atom is 0.459 e. The molecule has 13 heteroatoms. The Kier molecular flexibility index (Phi) is 5.64. The average molecular weight is 400 g/mol. The Bertz CT molecular complexity index is 678. The van der Waals surface area contributed by atoms with E-state index >= 15 is 0 Å². The molecule has 0 aromatic heterocycles. The normalized spacial score (nSPS) is 14.3. The summed E-state index contributed by atoms with van der Waals surface area (Å²) < 4.78 is 140. The van der Waals surface area contributed by atoms with Crippen LogP contribution in [0.1, 0.15) is 5.56 Å². The van der Waals surface area contributed by atoms with Gasteiger partial charge in [-0.3, -0.25) is 0 Å². The van der Waals surface area contributed by atoms with Crippen molar-refractivity contribution >= 4 is 5.84 Å². The van der Waals surface area contributed by atoms with Gasteiger partial charge in [-0.05, 0) is 0 Å². The molecule has 0 radical (unpaired) electrons. The Labute approximate surface area is 137 Å². The number of benzene rings is 1. The van der Waals surface area contributed by atoms with Gasteiger partial charge in [-0.2, -0.15) is 48.3 Å². The van der Waals surface area contributed by atoms with Crippen molar-refractivity contribution in [1.82, 2.24) is 0 Å². The largest absolute Gasteiger partial charge is 0.459 e. The molecule has 0 aliphatic carbocycles. The molecule has 0 bridgehead atoms. The lowest BCUT2D eigenvalue weighted by molar-refractivity contribution is -0.268. The van der Waals surface area contributed by atoms with Crippen LogP contribution < -0.4 is 5.73 Å². The summed E-state index contributed by atoms with van der Waals surface area (Å²) in [7, 11) is 0. The molecule has 0 saturated carbocycles. The molecule has 0 heterocycles. The summed E-state index contributed by atoms with van der Waals surface area (Å²) in [6.45, 7) is 0. The Morgan fingerprint density at radius 2 is 1.15 bits per heavy atom. The molecule has 146 valence electrons. The SMILES string of the molecule is NC(=NC(=C(C(F)(F)F)C(F)(F)F)C(F)(F)C(F)(F)F)c1ccccc1. The van der Waals surface area contributed by atoms with Crippen LogP contribution in [0, 0.1) is 0 Å². The van der Waals surface area contributed by atoms with Crippen LogP contribution in [-0.4, -0.2) is 30.3 Å². The van der Waals surface area contributed by atoms with Crippen molar-refractivity contribution in [2.45, 2.75) is 24.5 Å². The molecule has 1 aromatic carbocycles. The number of allylic oxidation sites excluding steroid dienone is 2. The third-order valence-corrected chi connectivity index (χ3v) is 2.76. The Morgan fingerprint density at radius 1 is 0.731 bits per heavy atom. The number of hydrogen-bond donors (Lipinski definition) is 1.